The third-order valence-electron chi connectivity index (χ3n) is 11.6. The Morgan fingerprint density at radius 2 is 0.814 bits per heavy atom. The molecule has 0 aliphatic heterocycles. The van der Waals surface area contributed by atoms with Crippen LogP contribution in [0.5, 0.6) is 0 Å². The molecule has 280 valence electrons. The molecule has 1 atom stereocenters. The van der Waals surface area contributed by atoms with Crippen molar-refractivity contribution >= 4 is 27.8 Å². The van der Waals surface area contributed by atoms with Gasteiger partial charge in [-0.2, -0.15) is 0 Å². The molecule has 0 fully saturated rings. The molecule has 0 bridgehead atoms. The minimum Gasteiger partial charge on any atom is -0.310 e. The molecule has 0 saturated heterocycles. The molecular formula is C58H43N. The fourth-order valence-corrected chi connectivity index (χ4v) is 8.56. The van der Waals surface area contributed by atoms with Gasteiger partial charge in [0.2, 0.25) is 0 Å². The molecule has 0 amide bonds. The highest BCUT2D eigenvalue weighted by molar-refractivity contribution is 6.00. The third kappa shape index (κ3) is 7.43. The molecule has 9 aromatic rings. The summed E-state index contributed by atoms with van der Waals surface area (Å²) in [5, 5.41) is 2.49. The zero-order chi connectivity index (χ0) is 39.4. The smallest absolute Gasteiger partial charge is 0.0467 e. The number of fused-ring (bicyclic) bond motifs is 1. The van der Waals surface area contributed by atoms with Crippen LogP contribution in [0, 0.1) is 0 Å². The first-order valence-corrected chi connectivity index (χ1v) is 20.5. The van der Waals surface area contributed by atoms with Crippen LogP contribution in [0.15, 0.2) is 243 Å². The molecule has 0 aromatic heterocycles. The lowest BCUT2D eigenvalue weighted by molar-refractivity contribution is 0.856. The number of hydrogen-bond donors (Lipinski definition) is 0. The Balaban J connectivity index is 1.07. The summed E-state index contributed by atoms with van der Waals surface area (Å²) in [6.07, 6.45) is 9.94. The normalized spacial score (nSPS) is 13.4. The van der Waals surface area contributed by atoms with Crippen LogP contribution in [0.1, 0.15) is 17.9 Å². The van der Waals surface area contributed by atoms with Gasteiger partial charge in [-0.1, -0.05) is 194 Å². The predicted octanol–water partition coefficient (Wildman–Crippen LogP) is 16.2. The van der Waals surface area contributed by atoms with Gasteiger partial charge < -0.3 is 4.90 Å². The van der Waals surface area contributed by atoms with Crippen molar-refractivity contribution in [3.8, 4) is 55.6 Å². The zero-order valence-corrected chi connectivity index (χ0v) is 32.8. The van der Waals surface area contributed by atoms with E-state index in [9.17, 15) is 0 Å². The molecule has 1 nitrogen and oxygen atoms in total. The molecule has 0 saturated carbocycles. The van der Waals surface area contributed by atoms with Crippen LogP contribution >= 0.6 is 0 Å². The van der Waals surface area contributed by atoms with E-state index in [4.69, 9.17) is 0 Å². The van der Waals surface area contributed by atoms with Crippen molar-refractivity contribution in [3.05, 3.63) is 248 Å². The lowest BCUT2D eigenvalue weighted by atomic mass is 9.86. The van der Waals surface area contributed by atoms with E-state index in [1.807, 2.05) is 0 Å². The fraction of sp³-hybridized carbons (Fsp3) is 0.0345. The number of hydrogen-bond acceptors (Lipinski definition) is 1. The Morgan fingerprint density at radius 1 is 0.339 bits per heavy atom. The van der Waals surface area contributed by atoms with Crippen LogP contribution in [0.4, 0.5) is 17.1 Å². The summed E-state index contributed by atoms with van der Waals surface area (Å²) in [6.45, 7) is 0. The van der Waals surface area contributed by atoms with E-state index in [0.717, 1.165) is 23.5 Å². The van der Waals surface area contributed by atoms with Gasteiger partial charge in [0.15, 0.2) is 0 Å². The van der Waals surface area contributed by atoms with Gasteiger partial charge in [0.25, 0.3) is 0 Å². The number of allylic oxidation sites excluding steroid dienone is 4. The van der Waals surface area contributed by atoms with E-state index in [2.05, 4.69) is 248 Å². The van der Waals surface area contributed by atoms with Gasteiger partial charge >= 0.3 is 0 Å². The van der Waals surface area contributed by atoms with Crippen LogP contribution in [-0.4, -0.2) is 0 Å². The highest BCUT2D eigenvalue weighted by Gasteiger charge is 2.20. The van der Waals surface area contributed by atoms with Crippen molar-refractivity contribution in [3.63, 3.8) is 0 Å². The molecule has 59 heavy (non-hydrogen) atoms. The van der Waals surface area contributed by atoms with Crippen LogP contribution < -0.4 is 4.90 Å². The summed E-state index contributed by atoms with van der Waals surface area (Å²) in [5.41, 5.74) is 16.8. The Labute approximate surface area is 347 Å². The largest absolute Gasteiger partial charge is 0.310 e. The van der Waals surface area contributed by atoms with Gasteiger partial charge in [0.05, 0.1) is 0 Å². The number of anilines is 3. The van der Waals surface area contributed by atoms with Crippen molar-refractivity contribution in [2.75, 3.05) is 4.90 Å². The van der Waals surface area contributed by atoms with E-state index in [1.54, 1.807) is 0 Å². The minimum absolute atomic E-state index is 0.325. The average molecular weight is 754 g/mol. The molecular weight excluding hydrogens is 711 g/mol. The zero-order valence-electron chi connectivity index (χ0n) is 32.8. The maximum absolute atomic E-state index is 2.40. The Morgan fingerprint density at radius 3 is 1.41 bits per heavy atom. The molecule has 1 heteroatoms. The molecule has 1 aliphatic carbocycles. The van der Waals surface area contributed by atoms with Gasteiger partial charge in [-0.25, -0.2) is 0 Å². The second-order valence-electron chi connectivity index (χ2n) is 15.3. The highest BCUT2D eigenvalue weighted by atomic mass is 15.1. The lowest BCUT2D eigenvalue weighted by Gasteiger charge is -2.28. The summed E-state index contributed by atoms with van der Waals surface area (Å²) < 4.78 is 0. The van der Waals surface area contributed by atoms with E-state index in [0.29, 0.717) is 5.92 Å². The van der Waals surface area contributed by atoms with Crippen molar-refractivity contribution < 1.29 is 0 Å². The molecule has 0 spiro atoms. The van der Waals surface area contributed by atoms with Gasteiger partial charge in [-0.15, -0.1) is 0 Å². The summed E-state index contributed by atoms with van der Waals surface area (Å²) >= 11 is 0. The summed E-state index contributed by atoms with van der Waals surface area (Å²) in [6, 6.07) is 79.5. The third-order valence-corrected chi connectivity index (χ3v) is 11.6. The van der Waals surface area contributed by atoms with Crippen molar-refractivity contribution in [1.82, 2.24) is 0 Å². The topological polar surface area (TPSA) is 3.24 Å². The summed E-state index contributed by atoms with van der Waals surface area (Å²) in [5.74, 6) is 0.325. The van der Waals surface area contributed by atoms with Gasteiger partial charge in [-0.05, 0) is 127 Å². The molecule has 1 unspecified atom stereocenters. The van der Waals surface area contributed by atoms with Crippen molar-refractivity contribution in [1.29, 1.82) is 0 Å². The van der Waals surface area contributed by atoms with Crippen molar-refractivity contribution in [2.45, 2.75) is 12.3 Å². The first kappa shape index (κ1) is 35.9. The standard InChI is InChI=1S/C58H43N/c1-5-15-42(16-6-1)44-25-27-45(28-26-44)46-29-33-52(34-30-46)59(54-37-38-56(47-19-9-3-10-20-47)58(41-54)48-21-11-4-12-22-48)53-35-31-49(32-36-53)57-40-51(43-17-7-2-8-18-43)39-50-23-13-14-24-55(50)57/h1-19,21-41,47H,20H2. The van der Waals surface area contributed by atoms with E-state index >= 15 is 0 Å². The van der Waals surface area contributed by atoms with Crippen LogP contribution in [-0.2, 0) is 0 Å². The van der Waals surface area contributed by atoms with Gasteiger partial charge in [0.1, 0.15) is 0 Å². The van der Waals surface area contributed by atoms with E-state index in [1.165, 1.54) is 72.0 Å². The Hall–Kier alpha value is -7.48. The summed E-state index contributed by atoms with van der Waals surface area (Å²) in [4.78, 5) is 2.40. The molecule has 0 N–H and O–H groups in total. The van der Waals surface area contributed by atoms with E-state index < -0.39 is 0 Å². The second kappa shape index (κ2) is 16.2. The predicted molar refractivity (Wildman–Crippen MR) is 251 cm³/mol. The molecule has 10 rings (SSSR count). The van der Waals surface area contributed by atoms with Crippen LogP contribution in [0.3, 0.4) is 0 Å². The molecule has 0 heterocycles. The minimum atomic E-state index is 0.325. The number of rotatable bonds is 9. The first-order valence-electron chi connectivity index (χ1n) is 20.5. The maximum atomic E-state index is 2.40. The Kier molecular flexibility index (Phi) is 9.84. The summed E-state index contributed by atoms with van der Waals surface area (Å²) in [7, 11) is 0. The Bertz CT molecular complexity index is 2910. The number of benzene rings is 9. The lowest BCUT2D eigenvalue weighted by Crippen LogP contribution is -2.11. The second-order valence-corrected chi connectivity index (χ2v) is 15.3. The fourth-order valence-electron chi connectivity index (χ4n) is 8.56. The highest BCUT2D eigenvalue weighted by Crippen LogP contribution is 2.43. The molecule has 9 aromatic carbocycles. The van der Waals surface area contributed by atoms with Gasteiger partial charge in [-0.3, -0.25) is 0 Å². The molecule has 0 radical (unpaired) electrons. The maximum Gasteiger partial charge on any atom is 0.0467 e. The average Bonchev–Trinajstić information content (AvgIpc) is 3.33. The van der Waals surface area contributed by atoms with Crippen LogP contribution in [0.25, 0.3) is 66.4 Å². The first-order chi connectivity index (χ1) is 29.2. The number of nitrogens with zero attached hydrogens (tertiary/aromatic N) is 1. The molecule has 1 aliphatic rings. The monoisotopic (exact) mass is 753 g/mol. The quantitative estimate of drug-likeness (QED) is 0.142. The van der Waals surface area contributed by atoms with Crippen molar-refractivity contribution in [2.24, 2.45) is 0 Å². The van der Waals surface area contributed by atoms with E-state index in [-0.39, 0.29) is 0 Å². The van der Waals surface area contributed by atoms with Gasteiger partial charge in [0, 0.05) is 23.0 Å². The SMILES string of the molecule is C1=CCC(c2ccc(N(c3ccc(-c4ccc(-c5ccccc5)cc4)cc3)c3ccc(-c4cc(-c5ccccc5)cc5ccccc45)cc3)cc2-c2ccccc2)C=C1. The van der Waals surface area contributed by atoms with Crippen LogP contribution in [0.2, 0.25) is 0 Å².